The first-order chi connectivity index (χ1) is 13.3. The topological polar surface area (TPSA) is 32.3 Å². The zero-order chi connectivity index (χ0) is 20.1. The molecule has 160 valence electrons. The molecule has 0 aromatic rings. The van der Waals surface area contributed by atoms with Gasteiger partial charge in [0.05, 0.1) is 6.10 Å². The fourth-order valence-corrected chi connectivity index (χ4v) is 8.21. The van der Waals surface area contributed by atoms with Gasteiger partial charge in [-0.3, -0.25) is 0 Å². The van der Waals surface area contributed by atoms with E-state index >= 15 is 0 Å². The van der Waals surface area contributed by atoms with E-state index in [2.05, 4.69) is 46.0 Å². The van der Waals surface area contributed by atoms with Crippen LogP contribution in [0.4, 0.5) is 0 Å². The van der Waals surface area contributed by atoms with Gasteiger partial charge in [-0.2, -0.15) is 0 Å². The van der Waals surface area contributed by atoms with Crippen LogP contribution in [0.15, 0.2) is 11.6 Å². The quantitative estimate of drug-likeness (QED) is 0.584. The highest BCUT2D eigenvalue weighted by atomic mass is 16.3. The average molecular weight is 388 g/mol. The van der Waals surface area contributed by atoms with Gasteiger partial charge in [-0.05, 0) is 111 Å². The third-order valence-corrected chi connectivity index (χ3v) is 9.83. The van der Waals surface area contributed by atoms with Crippen LogP contribution in [-0.4, -0.2) is 24.3 Å². The molecule has 8 atom stereocenters. The summed E-state index contributed by atoms with van der Waals surface area (Å²) in [7, 11) is 0. The molecule has 0 amide bonds. The smallest absolute Gasteiger partial charge is 0.0543 e. The summed E-state index contributed by atoms with van der Waals surface area (Å²) in [6, 6.07) is 0. The van der Waals surface area contributed by atoms with Crippen molar-refractivity contribution >= 4 is 0 Å². The van der Waals surface area contributed by atoms with E-state index < -0.39 is 0 Å². The highest BCUT2D eigenvalue weighted by Gasteiger charge is 2.58. The van der Waals surface area contributed by atoms with Crippen molar-refractivity contribution in [1.29, 1.82) is 0 Å². The molecule has 3 saturated carbocycles. The normalized spacial score (nSPS) is 46.5. The number of fused-ring (bicyclic) bond motifs is 5. The van der Waals surface area contributed by atoms with Crippen molar-refractivity contribution < 1.29 is 5.11 Å². The van der Waals surface area contributed by atoms with Crippen molar-refractivity contribution in [2.24, 2.45) is 46.3 Å². The van der Waals surface area contributed by atoms with Crippen molar-refractivity contribution in [3.63, 3.8) is 0 Å². The van der Waals surface area contributed by atoms with Crippen LogP contribution in [0.3, 0.4) is 0 Å². The first-order valence-corrected chi connectivity index (χ1v) is 12.3. The number of allylic oxidation sites excluding steroid dienone is 2. The molecule has 28 heavy (non-hydrogen) atoms. The van der Waals surface area contributed by atoms with Crippen LogP contribution < -0.4 is 5.32 Å². The lowest BCUT2D eigenvalue weighted by Crippen LogP contribution is -2.50. The Balaban J connectivity index is 1.50. The average Bonchev–Trinajstić information content (AvgIpc) is 2.99. The van der Waals surface area contributed by atoms with E-state index in [1.165, 1.54) is 45.1 Å². The Kier molecular flexibility index (Phi) is 5.77. The minimum Gasteiger partial charge on any atom is -0.393 e. The van der Waals surface area contributed by atoms with Crippen LogP contribution in [0, 0.1) is 46.3 Å². The van der Waals surface area contributed by atoms with E-state index in [0.29, 0.717) is 16.7 Å². The second kappa shape index (κ2) is 7.73. The van der Waals surface area contributed by atoms with Crippen LogP contribution in [-0.2, 0) is 0 Å². The maximum absolute atomic E-state index is 10.2. The molecule has 0 aromatic carbocycles. The predicted molar refractivity (Wildman–Crippen MR) is 118 cm³/mol. The Morgan fingerprint density at radius 2 is 1.71 bits per heavy atom. The van der Waals surface area contributed by atoms with E-state index in [1.807, 2.05) is 5.57 Å². The third kappa shape index (κ3) is 3.41. The molecule has 3 fully saturated rings. The number of aliphatic hydroxyl groups is 1. The Hall–Kier alpha value is -0.340. The Labute approximate surface area is 173 Å². The molecule has 2 N–H and O–H groups in total. The Morgan fingerprint density at radius 1 is 1.00 bits per heavy atom. The van der Waals surface area contributed by atoms with Gasteiger partial charge in [0.25, 0.3) is 0 Å². The third-order valence-electron chi connectivity index (χ3n) is 9.83. The van der Waals surface area contributed by atoms with Gasteiger partial charge in [-0.15, -0.1) is 0 Å². The number of rotatable bonds is 5. The van der Waals surface area contributed by atoms with Crippen molar-refractivity contribution in [3.05, 3.63) is 11.6 Å². The lowest BCUT2D eigenvalue weighted by molar-refractivity contribution is -0.0424. The number of hydrogen-bond donors (Lipinski definition) is 2. The van der Waals surface area contributed by atoms with Gasteiger partial charge >= 0.3 is 0 Å². The van der Waals surface area contributed by atoms with Gasteiger partial charge in [0.1, 0.15) is 0 Å². The zero-order valence-corrected chi connectivity index (χ0v) is 19.1. The molecule has 4 aliphatic rings. The molecule has 0 aromatic heterocycles. The standard InChI is InChI=1S/C26H45NO/c1-17(2)15-27-16-18(3)22-8-9-23-21-7-6-19-14-20(28)10-12-25(19,4)24(21)11-13-26(22,23)5/h7,17-20,22-24,27-28H,6,8-16H2,1-5H3/t18-,19?,20+,22-,23+,24+,25+,26-/m1/s1. The van der Waals surface area contributed by atoms with Crippen molar-refractivity contribution in [2.75, 3.05) is 13.1 Å². The molecule has 0 spiro atoms. The SMILES string of the molecule is CC(C)CNC[C@@H](C)[C@H]1CC[C@H]2C3=CCC4C[C@@H](O)CC[C@]4(C)[C@H]3CC[C@]12C. The number of hydrogen-bond acceptors (Lipinski definition) is 2. The maximum Gasteiger partial charge on any atom is 0.0543 e. The van der Waals surface area contributed by atoms with E-state index in [1.54, 1.807) is 0 Å². The molecule has 4 rings (SSSR count). The van der Waals surface area contributed by atoms with Crippen molar-refractivity contribution in [3.8, 4) is 0 Å². The minimum atomic E-state index is -0.0445. The van der Waals surface area contributed by atoms with Gasteiger partial charge in [0, 0.05) is 0 Å². The summed E-state index contributed by atoms with van der Waals surface area (Å²) in [4.78, 5) is 0. The van der Waals surface area contributed by atoms with E-state index in [9.17, 15) is 5.11 Å². The summed E-state index contributed by atoms with van der Waals surface area (Å²) in [6.07, 6.45) is 12.8. The molecular formula is C26H45NO. The highest BCUT2D eigenvalue weighted by molar-refractivity contribution is 5.27. The molecule has 2 nitrogen and oxygen atoms in total. The number of nitrogens with one attached hydrogen (secondary N) is 1. The fraction of sp³-hybridized carbons (Fsp3) is 0.923. The molecule has 0 saturated heterocycles. The summed E-state index contributed by atoms with van der Waals surface area (Å²) in [5.41, 5.74) is 2.82. The summed E-state index contributed by atoms with van der Waals surface area (Å²) >= 11 is 0. The Morgan fingerprint density at radius 3 is 2.46 bits per heavy atom. The minimum absolute atomic E-state index is 0.0445. The van der Waals surface area contributed by atoms with E-state index in [-0.39, 0.29) is 6.10 Å². The molecule has 0 heterocycles. The van der Waals surface area contributed by atoms with Crippen LogP contribution in [0.1, 0.15) is 86.0 Å². The van der Waals surface area contributed by atoms with Gasteiger partial charge < -0.3 is 10.4 Å². The van der Waals surface area contributed by atoms with Crippen LogP contribution in [0.5, 0.6) is 0 Å². The Bertz CT molecular complexity index is 597. The van der Waals surface area contributed by atoms with Gasteiger partial charge in [-0.1, -0.05) is 46.3 Å². The molecule has 0 aliphatic heterocycles. The van der Waals surface area contributed by atoms with Crippen molar-refractivity contribution in [2.45, 2.75) is 92.1 Å². The highest BCUT2D eigenvalue weighted by Crippen LogP contribution is 2.66. The molecule has 0 radical (unpaired) electrons. The molecule has 0 bridgehead atoms. The zero-order valence-electron chi connectivity index (χ0n) is 19.1. The van der Waals surface area contributed by atoms with Crippen LogP contribution in [0.2, 0.25) is 0 Å². The lowest BCUT2D eigenvalue weighted by Gasteiger charge is -2.57. The molecule has 1 unspecified atom stereocenters. The maximum atomic E-state index is 10.2. The molecular weight excluding hydrogens is 342 g/mol. The first-order valence-electron chi connectivity index (χ1n) is 12.3. The summed E-state index contributed by atoms with van der Waals surface area (Å²) in [5, 5.41) is 14.0. The molecule has 4 aliphatic carbocycles. The van der Waals surface area contributed by atoms with Gasteiger partial charge in [0.2, 0.25) is 0 Å². The fourth-order valence-electron chi connectivity index (χ4n) is 8.21. The number of aliphatic hydroxyl groups excluding tert-OH is 1. The summed E-state index contributed by atoms with van der Waals surface area (Å²) in [5.74, 6) is 4.73. The molecule has 2 heteroatoms. The van der Waals surface area contributed by atoms with Crippen molar-refractivity contribution in [1.82, 2.24) is 5.32 Å². The largest absolute Gasteiger partial charge is 0.393 e. The summed E-state index contributed by atoms with van der Waals surface area (Å²) < 4.78 is 0. The summed E-state index contributed by atoms with van der Waals surface area (Å²) in [6.45, 7) is 14.7. The van der Waals surface area contributed by atoms with Gasteiger partial charge in [-0.25, -0.2) is 0 Å². The second-order valence-corrected chi connectivity index (χ2v) is 11.9. The first kappa shape index (κ1) is 20.9. The van der Waals surface area contributed by atoms with Gasteiger partial charge in [0.15, 0.2) is 0 Å². The van der Waals surface area contributed by atoms with E-state index in [4.69, 9.17) is 0 Å². The lowest BCUT2D eigenvalue weighted by atomic mass is 9.47. The van der Waals surface area contributed by atoms with Crippen LogP contribution >= 0.6 is 0 Å². The monoisotopic (exact) mass is 387 g/mol. The predicted octanol–water partition coefficient (Wildman–Crippen LogP) is 5.81. The van der Waals surface area contributed by atoms with E-state index in [0.717, 1.165) is 49.0 Å². The van der Waals surface area contributed by atoms with Crippen LogP contribution in [0.25, 0.3) is 0 Å². The second-order valence-electron chi connectivity index (χ2n) is 11.9.